The average Bonchev–Trinajstić information content (AvgIpc) is 2.48. The van der Waals surface area contributed by atoms with Crippen molar-refractivity contribution >= 4 is 35.5 Å². The minimum Gasteiger partial charge on any atom is -0.298 e. The van der Waals surface area contributed by atoms with Gasteiger partial charge in [-0.15, -0.1) is 11.8 Å². The monoisotopic (exact) mass is 199 g/mol. The van der Waals surface area contributed by atoms with Crippen LogP contribution in [0.4, 0.5) is 5.69 Å². The number of hydrogen-bond donors (Lipinski definition) is 0. The summed E-state index contributed by atoms with van der Waals surface area (Å²) < 4.78 is 1.62. The van der Waals surface area contributed by atoms with Gasteiger partial charge in [-0.3, -0.25) is 9.21 Å². The van der Waals surface area contributed by atoms with Gasteiger partial charge in [0, 0.05) is 22.2 Å². The van der Waals surface area contributed by atoms with Crippen molar-refractivity contribution in [3.05, 3.63) is 23.8 Å². The summed E-state index contributed by atoms with van der Waals surface area (Å²) in [5.74, 6) is 0.710. The van der Waals surface area contributed by atoms with Crippen molar-refractivity contribution < 1.29 is 4.79 Å². The van der Waals surface area contributed by atoms with Crippen LogP contribution in [-0.2, 0) is 0 Å². The predicted molar refractivity (Wildman–Crippen MR) is 50.9 cm³/mol. The van der Waals surface area contributed by atoms with E-state index in [4.69, 9.17) is 11.8 Å². The molecule has 0 spiro atoms. The van der Waals surface area contributed by atoms with E-state index < -0.39 is 0 Å². The van der Waals surface area contributed by atoms with Gasteiger partial charge in [0.05, 0.1) is 11.6 Å². The van der Waals surface area contributed by atoms with Gasteiger partial charge in [-0.25, -0.2) is 0 Å². The standard InChI is InChI=1S/C8H6ClNOS/c9-10-5-12-8-6(4-11)2-1-3-7(8)10/h1-4H,5H2. The molecular formula is C8H6ClNOS. The average molecular weight is 200 g/mol. The molecule has 2 nitrogen and oxygen atoms in total. The quantitative estimate of drug-likeness (QED) is 0.512. The van der Waals surface area contributed by atoms with E-state index in [1.807, 2.05) is 12.1 Å². The van der Waals surface area contributed by atoms with Crippen LogP contribution in [0.5, 0.6) is 0 Å². The summed E-state index contributed by atoms with van der Waals surface area (Å²) in [6, 6.07) is 5.55. The molecule has 0 saturated heterocycles. The maximum atomic E-state index is 10.6. The highest BCUT2D eigenvalue weighted by Gasteiger charge is 2.20. The van der Waals surface area contributed by atoms with E-state index in [9.17, 15) is 4.79 Å². The topological polar surface area (TPSA) is 20.3 Å². The van der Waals surface area contributed by atoms with Gasteiger partial charge in [0.1, 0.15) is 0 Å². The summed E-state index contributed by atoms with van der Waals surface area (Å²) in [4.78, 5) is 11.6. The van der Waals surface area contributed by atoms with Crippen molar-refractivity contribution in [1.29, 1.82) is 0 Å². The Morgan fingerprint density at radius 3 is 3.17 bits per heavy atom. The number of nitrogens with zero attached hydrogens (tertiary/aromatic N) is 1. The van der Waals surface area contributed by atoms with Gasteiger partial charge < -0.3 is 0 Å². The number of rotatable bonds is 1. The number of aldehydes is 1. The second kappa shape index (κ2) is 2.99. The Morgan fingerprint density at radius 1 is 1.58 bits per heavy atom. The number of anilines is 1. The lowest BCUT2D eigenvalue weighted by Crippen LogP contribution is -2.01. The lowest BCUT2D eigenvalue weighted by Gasteiger charge is -2.05. The molecule has 1 aliphatic rings. The van der Waals surface area contributed by atoms with Gasteiger partial charge in [-0.1, -0.05) is 12.1 Å². The lowest BCUT2D eigenvalue weighted by molar-refractivity contribution is 0.112. The van der Waals surface area contributed by atoms with Crippen LogP contribution >= 0.6 is 23.5 Å². The van der Waals surface area contributed by atoms with Gasteiger partial charge >= 0.3 is 0 Å². The highest BCUT2D eigenvalue weighted by atomic mass is 35.5. The fourth-order valence-corrected chi connectivity index (χ4v) is 2.50. The lowest BCUT2D eigenvalue weighted by atomic mass is 10.2. The minimum absolute atomic E-state index is 0.710. The van der Waals surface area contributed by atoms with E-state index >= 15 is 0 Å². The Bertz CT molecular complexity index is 329. The zero-order valence-corrected chi connectivity index (χ0v) is 7.73. The first kappa shape index (κ1) is 7.95. The fraction of sp³-hybridized carbons (Fsp3) is 0.125. The fourth-order valence-electron chi connectivity index (χ4n) is 1.17. The normalized spacial score (nSPS) is 14.6. The molecule has 4 heteroatoms. The molecule has 0 unspecified atom stereocenters. The third-order valence-corrected chi connectivity index (χ3v) is 3.30. The molecule has 0 amide bonds. The number of hydrogen-bond acceptors (Lipinski definition) is 3. The molecule has 0 atom stereocenters. The van der Waals surface area contributed by atoms with Crippen LogP contribution in [0.15, 0.2) is 23.1 Å². The molecule has 0 aromatic heterocycles. The van der Waals surface area contributed by atoms with Gasteiger partial charge in [0.25, 0.3) is 0 Å². The predicted octanol–water partition coefficient (Wildman–Crippen LogP) is 2.52. The number of fused-ring (bicyclic) bond motifs is 1. The number of carbonyl (C=O) groups excluding carboxylic acids is 1. The molecular weight excluding hydrogens is 194 g/mol. The molecule has 0 N–H and O–H groups in total. The Labute approximate surface area is 79.6 Å². The van der Waals surface area contributed by atoms with Crippen molar-refractivity contribution in [2.75, 3.05) is 10.3 Å². The molecule has 0 aliphatic carbocycles. The molecule has 1 heterocycles. The molecule has 12 heavy (non-hydrogen) atoms. The van der Waals surface area contributed by atoms with Crippen LogP contribution in [0.25, 0.3) is 0 Å². The zero-order valence-electron chi connectivity index (χ0n) is 6.16. The van der Waals surface area contributed by atoms with Gasteiger partial charge in [0.2, 0.25) is 0 Å². The summed E-state index contributed by atoms with van der Waals surface area (Å²) in [7, 11) is 0. The van der Waals surface area contributed by atoms with E-state index in [-0.39, 0.29) is 0 Å². The van der Waals surface area contributed by atoms with E-state index in [0.29, 0.717) is 5.88 Å². The zero-order chi connectivity index (χ0) is 8.55. The van der Waals surface area contributed by atoms with E-state index in [1.54, 1.807) is 22.2 Å². The van der Waals surface area contributed by atoms with Crippen molar-refractivity contribution in [3.8, 4) is 0 Å². The van der Waals surface area contributed by atoms with E-state index in [0.717, 1.165) is 22.4 Å². The first-order chi connectivity index (χ1) is 5.83. The van der Waals surface area contributed by atoms with E-state index in [1.165, 1.54) is 0 Å². The van der Waals surface area contributed by atoms with Crippen LogP contribution < -0.4 is 4.42 Å². The Kier molecular flexibility index (Phi) is 1.98. The highest BCUT2D eigenvalue weighted by molar-refractivity contribution is 8.00. The second-order valence-electron chi connectivity index (χ2n) is 2.45. The van der Waals surface area contributed by atoms with Crippen LogP contribution in [0.2, 0.25) is 0 Å². The van der Waals surface area contributed by atoms with E-state index in [2.05, 4.69) is 0 Å². The Morgan fingerprint density at radius 2 is 2.42 bits per heavy atom. The van der Waals surface area contributed by atoms with Crippen LogP contribution in [0.3, 0.4) is 0 Å². The van der Waals surface area contributed by atoms with Crippen molar-refractivity contribution in [3.63, 3.8) is 0 Å². The first-order valence-electron chi connectivity index (χ1n) is 3.47. The Hall–Kier alpha value is -0.670. The molecule has 0 saturated carbocycles. The maximum Gasteiger partial charge on any atom is 0.151 e. The summed E-state index contributed by atoms with van der Waals surface area (Å²) >= 11 is 7.46. The minimum atomic E-state index is 0.710. The van der Waals surface area contributed by atoms with Crippen LogP contribution in [0, 0.1) is 0 Å². The number of benzene rings is 1. The SMILES string of the molecule is O=Cc1cccc2c1SCN2Cl. The summed E-state index contributed by atoms with van der Waals surface area (Å²) in [5, 5.41) is 0. The largest absolute Gasteiger partial charge is 0.298 e. The molecule has 0 radical (unpaired) electrons. The number of halogens is 1. The summed E-state index contributed by atoms with van der Waals surface area (Å²) in [6.07, 6.45) is 0.863. The van der Waals surface area contributed by atoms with Crippen molar-refractivity contribution in [2.45, 2.75) is 4.90 Å². The molecule has 0 bridgehead atoms. The molecule has 0 fully saturated rings. The first-order valence-corrected chi connectivity index (χ1v) is 4.79. The number of carbonyl (C=O) groups is 1. The van der Waals surface area contributed by atoms with Gasteiger partial charge in [-0.2, -0.15) is 0 Å². The molecule has 2 rings (SSSR count). The van der Waals surface area contributed by atoms with Crippen molar-refractivity contribution in [1.82, 2.24) is 0 Å². The molecule has 1 aliphatic heterocycles. The maximum absolute atomic E-state index is 10.6. The smallest absolute Gasteiger partial charge is 0.151 e. The summed E-state index contributed by atoms with van der Waals surface area (Å²) in [5.41, 5.74) is 1.66. The molecule has 1 aromatic rings. The number of thioether (sulfide) groups is 1. The highest BCUT2D eigenvalue weighted by Crippen LogP contribution is 2.41. The second-order valence-corrected chi connectivity index (χ2v) is 3.81. The van der Waals surface area contributed by atoms with Crippen LogP contribution in [-0.4, -0.2) is 12.2 Å². The van der Waals surface area contributed by atoms with Crippen LogP contribution in [0.1, 0.15) is 10.4 Å². The van der Waals surface area contributed by atoms with Gasteiger partial charge in [-0.05, 0) is 6.07 Å². The molecule has 62 valence electrons. The third-order valence-electron chi connectivity index (χ3n) is 1.74. The molecule has 1 aromatic carbocycles. The van der Waals surface area contributed by atoms with Crippen molar-refractivity contribution in [2.24, 2.45) is 0 Å². The Balaban J connectivity index is 2.57. The summed E-state index contributed by atoms with van der Waals surface area (Å²) in [6.45, 7) is 0. The van der Waals surface area contributed by atoms with Gasteiger partial charge in [0.15, 0.2) is 6.29 Å². The third kappa shape index (κ3) is 1.09.